The van der Waals surface area contributed by atoms with Crippen LogP contribution >= 0.6 is 11.8 Å². The van der Waals surface area contributed by atoms with Crippen LogP contribution in [0.5, 0.6) is 5.75 Å². The molecule has 0 unspecified atom stereocenters. The molecule has 0 aliphatic carbocycles. The Bertz CT molecular complexity index is 1340. The minimum atomic E-state index is -0.834. The van der Waals surface area contributed by atoms with Crippen LogP contribution in [0.15, 0.2) is 53.8 Å². The Morgan fingerprint density at radius 1 is 1.18 bits per heavy atom. The molecule has 1 N–H and O–H groups in total. The summed E-state index contributed by atoms with van der Waals surface area (Å²) < 4.78 is 35.8. The van der Waals surface area contributed by atoms with Gasteiger partial charge in [-0.15, -0.1) is 10.2 Å². The van der Waals surface area contributed by atoms with Gasteiger partial charge in [0, 0.05) is 31.4 Å². The third kappa shape index (κ3) is 4.93. The normalized spacial score (nSPS) is 11.0. The van der Waals surface area contributed by atoms with Crippen molar-refractivity contribution in [3.8, 4) is 28.4 Å². The minimum absolute atomic E-state index is 0.0231. The van der Waals surface area contributed by atoms with Crippen molar-refractivity contribution in [3.63, 3.8) is 0 Å². The highest BCUT2D eigenvalue weighted by molar-refractivity contribution is 7.99. The van der Waals surface area contributed by atoms with Crippen LogP contribution in [0.4, 0.5) is 14.5 Å². The summed E-state index contributed by atoms with van der Waals surface area (Å²) in [4.78, 5) is 12.3. The van der Waals surface area contributed by atoms with E-state index in [2.05, 4.69) is 20.6 Å². The lowest BCUT2D eigenvalue weighted by Gasteiger charge is -2.09. The fourth-order valence-electron chi connectivity index (χ4n) is 3.42. The van der Waals surface area contributed by atoms with Crippen molar-refractivity contribution in [1.82, 2.24) is 24.5 Å². The number of aromatic nitrogens is 5. The summed E-state index contributed by atoms with van der Waals surface area (Å²) in [7, 11) is 3.44. The summed E-state index contributed by atoms with van der Waals surface area (Å²) in [5.74, 6) is -0.686. The second kappa shape index (κ2) is 10.0. The molecule has 0 bridgehead atoms. The highest BCUT2D eigenvalue weighted by Gasteiger charge is 2.21. The standard InChI is InChI=1S/C23H22F2N6O2S/c1-4-31-22(17-12-30(2)29-21(17)14-6-5-7-16(10-14)33-3)27-28-23(31)34-13-20(32)26-19-9-8-15(24)11-18(19)25/h5-12H,4,13H2,1-3H3,(H,26,32). The van der Waals surface area contributed by atoms with Gasteiger partial charge in [0.1, 0.15) is 23.1 Å². The molecule has 4 aromatic rings. The average molecular weight is 485 g/mol. The number of halogens is 2. The predicted octanol–water partition coefficient (Wildman–Crippen LogP) is 4.38. The maximum Gasteiger partial charge on any atom is 0.234 e. The Morgan fingerprint density at radius 2 is 2.00 bits per heavy atom. The van der Waals surface area contributed by atoms with Gasteiger partial charge in [-0.2, -0.15) is 5.10 Å². The van der Waals surface area contributed by atoms with Crippen LogP contribution < -0.4 is 10.1 Å². The molecule has 176 valence electrons. The zero-order valence-electron chi connectivity index (χ0n) is 18.7. The van der Waals surface area contributed by atoms with Gasteiger partial charge in [-0.3, -0.25) is 9.48 Å². The lowest BCUT2D eigenvalue weighted by atomic mass is 10.1. The number of methoxy groups -OCH3 is 1. The number of amides is 1. The van der Waals surface area contributed by atoms with Gasteiger partial charge in [0.25, 0.3) is 0 Å². The Morgan fingerprint density at radius 3 is 2.74 bits per heavy atom. The molecule has 0 fully saturated rings. The van der Waals surface area contributed by atoms with Crippen LogP contribution in [0.3, 0.4) is 0 Å². The lowest BCUT2D eigenvalue weighted by molar-refractivity contribution is -0.113. The van der Waals surface area contributed by atoms with Crippen molar-refractivity contribution in [2.45, 2.75) is 18.6 Å². The van der Waals surface area contributed by atoms with Crippen LogP contribution in [0, 0.1) is 11.6 Å². The van der Waals surface area contributed by atoms with Gasteiger partial charge in [-0.05, 0) is 31.2 Å². The first kappa shape index (κ1) is 23.4. The molecule has 0 atom stereocenters. The molecule has 0 aliphatic heterocycles. The Balaban J connectivity index is 1.56. The number of anilines is 1. The van der Waals surface area contributed by atoms with E-state index in [1.165, 1.54) is 17.8 Å². The van der Waals surface area contributed by atoms with Crippen molar-refractivity contribution in [2.75, 3.05) is 18.2 Å². The lowest BCUT2D eigenvalue weighted by Crippen LogP contribution is -2.15. The van der Waals surface area contributed by atoms with Gasteiger partial charge in [0.2, 0.25) is 5.91 Å². The van der Waals surface area contributed by atoms with E-state index >= 15 is 0 Å². The van der Waals surface area contributed by atoms with Gasteiger partial charge >= 0.3 is 0 Å². The number of benzene rings is 2. The van der Waals surface area contributed by atoms with Gasteiger partial charge < -0.3 is 14.6 Å². The zero-order valence-corrected chi connectivity index (χ0v) is 19.6. The van der Waals surface area contributed by atoms with Crippen LogP contribution in [-0.2, 0) is 18.4 Å². The summed E-state index contributed by atoms with van der Waals surface area (Å²) in [6, 6.07) is 10.6. The van der Waals surface area contributed by atoms with Crippen molar-refractivity contribution in [1.29, 1.82) is 0 Å². The number of hydrogen-bond acceptors (Lipinski definition) is 6. The summed E-state index contributed by atoms with van der Waals surface area (Å²) in [5, 5.41) is 16.2. The first-order chi connectivity index (χ1) is 16.4. The Kier molecular flexibility index (Phi) is 6.92. The quantitative estimate of drug-likeness (QED) is 0.374. The van der Waals surface area contributed by atoms with Crippen LogP contribution in [0.1, 0.15) is 6.92 Å². The number of ether oxygens (including phenoxy) is 1. The molecule has 0 saturated heterocycles. The maximum atomic E-state index is 13.8. The fourth-order valence-corrected chi connectivity index (χ4v) is 4.23. The molecular weight excluding hydrogens is 462 g/mol. The fraction of sp³-hybridized carbons (Fsp3) is 0.217. The van der Waals surface area contributed by atoms with Crippen LogP contribution in [-0.4, -0.2) is 43.3 Å². The van der Waals surface area contributed by atoms with E-state index in [1.54, 1.807) is 11.8 Å². The molecule has 11 heteroatoms. The first-order valence-electron chi connectivity index (χ1n) is 10.4. The molecule has 0 aliphatic rings. The summed E-state index contributed by atoms with van der Waals surface area (Å²) >= 11 is 1.17. The van der Waals surface area contributed by atoms with Gasteiger partial charge in [-0.25, -0.2) is 8.78 Å². The highest BCUT2D eigenvalue weighted by atomic mass is 32.2. The third-order valence-electron chi connectivity index (χ3n) is 4.98. The molecule has 1 amide bonds. The SMILES string of the molecule is CCn1c(SCC(=O)Nc2ccc(F)cc2F)nnc1-c1cn(C)nc1-c1cccc(OC)c1. The van der Waals surface area contributed by atoms with Crippen molar-refractivity contribution in [2.24, 2.45) is 7.05 Å². The summed E-state index contributed by atoms with van der Waals surface area (Å²) in [6.07, 6.45) is 1.86. The van der Waals surface area contributed by atoms with Crippen molar-refractivity contribution in [3.05, 3.63) is 60.3 Å². The number of carbonyl (C=O) groups excluding carboxylic acids is 1. The topological polar surface area (TPSA) is 86.9 Å². The molecule has 0 saturated carbocycles. The highest BCUT2D eigenvalue weighted by Crippen LogP contribution is 2.33. The number of aryl methyl sites for hydroxylation is 1. The van der Waals surface area contributed by atoms with Gasteiger partial charge in [0.05, 0.1) is 24.1 Å². The number of nitrogens with zero attached hydrogens (tertiary/aromatic N) is 5. The van der Waals surface area contributed by atoms with E-state index in [0.29, 0.717) is 23.3 Å². The molecule has 0 radical (unpaired) electrons. The van der Waals surface area contributed by atoms with E-state index in [1.807, 2.05) is 49.0 Å². The van der Waals surface area contributed by atoms with Crippen molar-refractivity contribution >= 4 is 23.4 Å². The van der Waals surface area contributed by atoms with E-state index in [0.717, 1.165) is 29.0 Å². The van der Waals surface area contributed by atoms with Crippen molar-refractivity contribution < 1.29 is 18.3 Å². The predicted molar refractivity (Wildman–Crippen MR) is 126 cm³/mol. The number of hydrogen-bond donors (Lipinski definition) is 1. The molecule has 8 nitrogen and oxygen atoms in total. The maximum absolute atomic E-state index is 13.8. The molecule has 4 rings (SSSR count). The number of rotatable bonds is 8. The second-order valence-electron chi connectivity index (χ2n) is 7.31. The molecule has 34 heavy (non-hydrogen) atoms. The molecular formula is C23H22F2N6O2S. The van der Waals surface area contributed by atoms with E-state index in [-0.39, 0.29) is 11.4 Å². The third-order valence-corrected chi connectivity index (χ3v) is 5.95. The largest absolute Gasteiger partial charge is 0.497 e. The zero-order chi connectivity index (χ0) is 24.2. The Labute approximate surface area is 199 Å². The molecule has 2 heterocycles. The van der Waals surface area contributed by atoms with E-state index in [4.69, 9.17) is 4.74 Å². The number of thioether (sulfide) groups is 1. The smallest absolute Gasteiger partial charge is 0.234 e. The van der Waals surface area contributed by atoms with Gasteiger partial charge in [-0.1, -0.05) is 23.9 Å². The van der Waals surface area contributed by atoms with E-state index in [9.17, 15) is 13.6 Å². The molecule has 2 aromatic carbocycles. The van der Waals surface area contributed by atoms with Gasteiger partial charge in [0.15, 0.2) is 11.0 Å². The monoisotopic (exact) mass is 484 g/mol. The average Bonchev–Trinajstić information content (AvgIpc) is 3.42. The number of nitrogens with one attached hydrogen (secondary N) is 1. The molecule has 2 aromatic heterocycles. The van der Waals surface area contributed by atoms with Crippen LogP contribution in [0.25, 0.3) is 22.6 Å². The summed E-state index contributed by atoms with van der Waals surface area (Å²) in [5.41, 5.74) is 2.30. The Hall–Kier alpha value is -3.73. The molecule has 0 spiro atoms. The first-order valence-corrected chi connectivity index (χ1v) is 11.4. The van der Waals surface area contributed by atoms with E-state index < -0.39 is 17.5 Å². The van der Waals surface area contributed by atoms with Crippen LogP contribution in [0.2, 0.25) is 0 Å². The number of carbonyl (C=O) groups is 1. The second-order valence-corrected chi connectivity index (χ2v) is 8.25. The summed E-state index contributed by atoms with van der Waals surface area (Å²) in [6.45, 7) is 2.51. The minimum Gasteiger partial charge on any atom is -0.497 e.